The zero-order valence-corrected chi connectivity index (χ0v) is 15.4. The maximum absolute atomic E-state index is 5.88. The maximum Gasteiger partial charge on any atom is 0.246 e. The van der Waals surface area contributed by atoms with Crippen LogP contribution in [0.5, 0.6) is 0 Å². The van der Waals surface area contributed by atoms with E-state index in [9.17, 15) is 0 Å². The molecular formula is C18H17ClN4OS. The van der Waals surface area contributed by atoms with Gasteiger partial charge in [0.25, 0.3) is 0 Å². The molecule has 0 aliphatic heterocycles. The summed E-state index contributed by atoms with van der Waals surface area (Å²) in [6.07, 6.45) is 0. The van der Waals surface area contributed by atoms with E-state index in [1.54, 1.807) is 12.1 Å². The van der Waals surface area contributed by atoms with Gasteiger partial charge in [-0.05, 0) is 49.0 Å². The summed E-state index contributed by atoms with van der Waals surface area (Å²) >= 11 is 11.3. The third-order valence-corrected chi connectivity index (χ3v) is 4.33. The van der Waals surface area contributed by atoms with Gasteiger partial charge in [0.1, 0.15) is 0 Å². The number of anilines is 1. The number of benzene rings is 2. The number of nitrogens with zero attached hydrogens (tertiary/aromatic N) is 3. The van der Waals surface area contributed by atoms with Gasteiger partial charge in [0, 0.05) is 23.3 Å². The van der Waals surface area contributed by atoms with E-state index in [1.807, 2.05) is 55.3 Å². The Bertz CT molecular complexity index is 879. The molecule has 0 amide bonds. The lowest BCUT2D eigenvalue weighted by Crippen LogP contribution is -2.30. The number of thiocarbonyl (C=S) groups is 1. The second-order valence-corrected chi connectivity index (χ2v) is 6.44. The van der Waals surface area contributed by atoms with Crippen molar-refractivity contribution in [2.24, 2.45) is 0 Å². The number of nitrogens with one attached hydrogen (secondary N) is 1. The van der Waals surface area contributed by atoms with Crippen molar-refractivity contribution in [3.63, 3.8) is 0 Å². The molecule has 0 saturated heterocycles. The number of halogens is 1. The summed E-state index contributed by atoms with van der Waals surface area (Å²) in [4.78, 5) is 6.29. The normalized spacial score (nSPS) is 10.5. The second-order valence-electron chi connectivity index (χ2n) is 5.62. The first kappa shape index (κ1) is 17.4. The Morgan fingerprint density at radius 1 is 1.20 bits per heavy atom. The Labute approximate surface area is 156 Å². The molecule has 1 N–H and O–H groups in total. The fourth-order valence-electron chi connectivity index (χ4n) is 2.28. The van der Waals surface area contributed by atoms with E-state index in [0.717, 1.165) is 16.8 Å². The average Bonchev–Trinajstić information content (AvgIpc) is 3.05. The van der Waals surface area contributed by atoms with Crippen LogP contribution in [0, 0.1) is 6.92 Å². The fourth-order valence-corrected chi connectivity index (χ4v) is 2.59. The highest BCUT2D eigenvalue weighted by molar-refractivity contribution is 7.80. The topological polar surface area (TPSA) is 54.2 Å². The number of hydrogen-bond acceptors (Lipinski definition) is 4. The fraction of sp³-hybridized carbons (Fsp3) is 0.167. The molecule has 128 valence electrons. The van der Waals surface area contributed by atoms with E-state index in [0.29, 0.717) is 28.4 Å². The van der Waals surface area contributed by atoms with Crippen molar-refractivity contribution in [2.45, 2.75) is 13.5 Å². The van der Waals surface area contributed by atoms with Crippen molar-refractivity contribution >= 4 is 34.6 Å². The van der Waals surface area contributed by atoms with Crippen molar-refractivity contribution in [3.8, 4) is 11.4 Å². The monoisotopic (exact) mass is 372 g/mol. The minimum atomic E-state index is 0.415. The molecule has 0 unspecified atom stereocenters. The number of aryl methyl sites for hydroxylation is 1. The Morgan fingerprint density at radius 3 is 2.64 bits per heavy atom. The predicted molar refractivity (Wildman–Crippen MR) is 104 cm³/mol. The molecular weight excluding hydrogens is 356 g/mol. The quantitative estimate of drug-likeness (QED) is 0.679. The highest BCUT2D eigenvalue weighted by Crippen LogP contribution is 2.20. The largest absolute Gasteiger partial charge is 0.343 e. The summed E-state index contributed by atoms with van der Waals surface area (Å²) in [6.45, 7) is 2.43. The third kappa shape index (κ3) is 4.35. The summed E-state index contributed by atoms with van der Waals surface area (Å²) < 4.78 is 5.35. The first-order chi connectivity index (χ1) is 12.0. The molecule has 2 aromatic carbocycles. The van der Waals surface area contributed by atoms with Crippen molar-refractivity contribution in [1.29, 1.82) is 0 Å². The second kappa shape index (κ2) is 7.63. The van der Waals surface area contributed by atoms with Gasteiger partial charge < -0.3 is 14.7 Å². The van der Waals surface area contributed by atoms with Gasteiger partial charge >= 0.3 is 0 Å². The third-order valence-electron chi connectivity index (χ3n) is 3.67. The van der Waals surface area contributed by atoms with Crippen LogP contribution in [0.3, 0.4) is 0 Å². The highest BCUT2D eigenvalue weighted by atomic mass is 35.5. The lowest BCUT2D eigenvalue weighted by atomic mass is 10.1. The zero-order valence-electron chi connectivity index (χ0n) is 13.9. The molecule has 0 saturated carbocycles. The predicted octanol–water partition coefficient (Wildman–Crippen LogP) is 4.53. The van der Waals surface area contributed by atoms with Crippen LogP contribution in [0.15, 0.2) is 53.1 Å². The van der Waals surface area contributed by atoms with Gasteiger partial charge in [0.15, 0.2) is 5.11 Å². The van der Waals surface area contributed by atoms with Crippen LogP contribution in [0.2, 0.25) is 5.02 Å². The Hall–Kier alpha value is -2.44. The average molecular weight is 373 g/mol. The number of rotatable bonds is 4. The van der Waals surface area contributed by atoms with Crippen molar-refractivity contribution in [1.82, 2.24) is 15.0 Å². The first-order valence-corrected chi connectivity index (χ1v) is 8.48. The molecule has 0 fully saturated rings. The van der Waals surface area contributed by atoms with E-state index >= 15 is 0 Å². The molecule has 0 aliphatic carbocycles. The molecule has 5 nitrogen and oxygen atoms in total. The summed E-state index contributed by atoms with van der Waals surface area (Å²) in [6, 6.07) is 15.3. The van der Waals surface area contributed by atoms with Crippen molar-refractivity contribution < 1.29 is 4.52 Å². The Morgan fingerprint density at radius 2 is 1.92 bits per heavy atom. The van der Waals surface area contributed by atoms with Crippen LogP contribution in [0.4, 0.5) is 5.69 Å². The van der Waals surface area contributed by atoms with Gasteiger partial charge in [-0.3, -0.25) is 0 Å². The highest BCUT2D eigenvalue weighted by Gasteiger charge is 2.13. The van der Waals surface area contributed by atoms with Crippen LogP contribution in [0.25, 0.3) is 11.4 Å². The summed E-state index contributed by atoms with van der Waals surface area (Å²) in [5, 5.41) is 8.44. The van der Waals surface area contributed by atoms with Crippen molar-refractivity contribution in [2.75, 3.05) is 12.4 Å². The zero-order chi connectivity index (χ0) is 17.8. The summed E-state index contributed by atoms with van der Waals surface area (Å²) in [5.41, 5.74) is 2.93. The van der Waals surface area contributed by atoms with Crippen LogP contribution < -0.4 is 5.32 Å². The molecule has 7 heteroatoms. The van der Waals surface area contributed by atoms with E-state index in [4.69, 9.17) is 28.3 Å². The smallest absolute Gasteiger partial charge is 0.246 e. The molecule has 1 heterocycles. The van der Waals surface area contributed by atoms with E-state index < -0.39 is 0 Å². The van der Waals surface area contributed by atoms with Crippen LogP contribution in [-0.2, 0) is 6.54 Å². The van der Waals surface area contributed by atoms with Gasteiger partial charge in [-0.25, -0.2) is 0 Å². The van der Waals surface area contributed by atoms with Gasteiger partial charge in [-0.15, -0.1) is 0 Å². The molecule has 0 spiro atoms. The first-order valence-electron chi connectivity index (χ1n) is 7.69. The molecule has 0 radical (unpaired) electrons. The Balaban J connectivity index is 1.65. The Kier molecular flexibility index (Phi) is 5.31. The molecule has 3 rings (SSSR count). The van der Waals surface area contributed by atoms with Crippen LogP contribution in [-0.4, -0.2) is 27.2 Å². The number of hydrogen-bond donors (Lipinski definition) is 1. The lowest BCUT2D eigenvalue weighted by Gasteiger charge is -2.19. The molecule has 25 heavy (non-hydrogen) atoms. The molecule has 1 aromatic heterocycles. The molecule has 0 bridgehead atoms. The van der Waals surface area contributed by atoms with Crippen molar-refractivity contribution in [3.05, 3.63) is 65.0 Å². The molecule has 0 aliphatic rings. The van der Waals surface area contributed by atoms with Gasteiger partial charge in [0.05, 0.1) is 6.54 Å². The maximum atomic E-state index is 5.88. The minimum absolute atomic E-state index is 0.415. The minimum Gasteiger partial charge on any atom is -0.343 e. The van der Waals surface area contributed by atoms with E-state index in [2.05, 4.69) is 15.5 Å². The van der Waals surface area contributed by atoms with E-state index in [-0.39, 0.29) is 0 Å². The summed E-state index contributed by atoms with van der Waals surface area (Å²) in [5.74, 6) is 1.08. The van der Waals surface area contributed by atoms with Crippen LogP contribution in [0.1, 0.15) is 11.5 Å². The SMILES string of the molecule is Cc1ccccc1-c1noc(CN(C)C(=S)Nc2ccc(Cl)cc2)n1. The van der Waals surface area contributed by atoms with Gasteiger partial charge in [-0.1, -0.05) is 41.0 Å². The van der Waals surface area contributed by atoms with Gasteiger partial charge in [-0.2, -0.15) is 4.98 Å². The number of aromatic nitrogens is 2. The van der Waals surface area contributed by atoms with Gasteiger partial charge in [0.2, 0.25) is 11.7 Å². The van der Waals surface area contributed by atoms with Crippen LogP contribution >= 0.6 is 23.8 Å². The van der Waals surface area contributed by atoms with E-state index in [1.165, 1.54) is 0 Å². The lowest BCUT2D eigenvalue weighted by molar-refractivity contribution is 0.336. The molecule has 0 atom stereocenters. The summed E-state index contributed by atoms with van der Waals surface area (Å²) in [7, 11) is 1.86. The standard InChI is InChI=1S/C18H17ClN4OS/c1-12-5-3-4-6-15(12)17-21-16(24-22-17)11-23(2)18(25)20-14-9-7-13(19)8-10-14/h3-10H,11H2,1-2H3,(H,20,25). The molecule has 3 aromatic rings.